The number of amides is 1. The summed E-state index contributed by atoms with van der Waals surface area (Å²) in [5, 5.41) is 2.68. The minimum Gasteiger partial charge on any atom is -0.452 e. The Morgan fingerprint density at radius 2 is 1.75 bits per heavy atom. The third-order valence-corrected chi connectivity index (χ3v) is 6.66. The van der Waals surface area contributed by atoms with E-state index in [1.54, 1.807) is 19.1 Å². The summed E-state index contributed by atoms with van der Waals surface area (Å²) in [6, 6.07) is 16.9. The van der Waals surface area contributed by atoms with Gasteiger partial charge in [0, 0.05) is 0 Å². The van der Waals surface area contributed by atoms with E-state index in [9.17, 15) is 18.0 Å². The lowest BCUT2D eigenvalue weighted by Crippen LogP contribution is -2.48. The Labute approximate surface area is 164 Å². The van der Waals surface area contributed by atoms with Crippen molar-refractivity contribution in [2.75, 3.05) is 18.1 Å². The highest BCUT2D eigenvalue weighted by molar-refractivity contribution is 7.91. The van der Waals surface area contributed by atoms with Gasteiger partial charge in [0.1, 0.15) is 0 Å². The highest BCUT2D eigenvalue weighted by atomic mass is 32.2. The Bertz CT molecular complexity index is 971. The van der Waals surface area contributed by atoms with Crippen LogP contribution in [0.5, 0.6) is 0 Å². The number of esters is 1. The number of sulfone groups is 1. The van der Waals surface area contributed by atoms with Crippen LogP contribution in [0.25, 0.3) is 0 Å². The van der Waals surface area contributed by atoms with E-state index in [-0.39, 0.29) is 11.5 Å². The first-order chi connectivity index (χ1) is 13.3. The van der Waals surface area contributed by atoms with Crippen molar-refractivity contribution in [1.82, 2.24) is 5.32 Å². The van der Waals surface area contributed by atoms with Gasteiger partial charge >= 0.3 is 5.97 Å². The van der Waals surface area contributed by atoms with Gasteiger partial charge in [-0.05, 0) is 37.0 Å². The van der Waals surface area contributed by atoms with Crippen LogP contribution in [0.3, 0.4) is 0 Å². The second-order valence-electron chi connectivity index (χ2n) is 7.35. The summed E-state index contributed by atoms with van der Waals surface area (Å²) < 4.78 is 28.4. The van der Waals surface area contributed by atoms with Crippen molar-refractivity contribution in [1.29, 1.82) is 0 Å². The summed E-state index contributed by atoms with van der Waals surface area (Å²) in [4.78, 5) is 24.6. The zero-order valence-electron chi connectivity index (χ0n) is 15.7. The molecule has 3 rings (SSSR count). The SMILES string of the molecule is C[C@]1(NC(=O)COC(=O)c2ccccc2Cc2ccccc2)CCS(=O)(=O)C1. The van der Waals surface area contributed by atoms with Crippen LogP contribution in [-0.4, -0.2) is 43.9 Å². The average molecular weight is 401 g/mol. The molecule has 1 atom stereocenters. The first-order valence-electron chi connectivity index (χ1n) is 9.07. The molecule has 2 aromatic carbocycles. The molecule has 1 N–H and O–H groups in total. The molecule has 0 unspecified atom stereocenters. The fraction of sp³-hybridized carbons (Fsp3) is 0.333. The maximum absolute atomic E-state index is 12.5. The molecule has 148 valence electrons. The first-order valence-corrected chi connectivity index (χ1v) is 10.9. The van der Waals surface area contributed by atoms with Crippen LogP contribution in [0.15, 0.2) is 54.6 Å². The van der Waals surface area contributed by atoms with Gasteiger partial charge in [-0.1, -0.05) is 48.5 Å². The van der Waals surface area contributed by atoms with E-state index in [2.05, 4.69) is 5.32 Å². The van der Waals surface area contributed by atoms with Crippen molar-refractivity contribution < 1.29 is 22.7 Å². The molecule has 1 saturated heterocycles. The number of benzene rings is 2. The fourth-order valence-corrected chi connectivity index (χ4v) is 5.47. The topological polar surface area (TPSA) is 89.5 Å². The Morgan fingerprint density at radius 3 is 2.43 bits per heavy atom. The Balaban J connectivity index is 1.60. The highest BCUT2D eigenvalue weighted by Crippen LogP contribution is 2.22. The number of hydrogen-bond acceptors (Lipinski definition) is 5. The van der Waals surface area contributed by atoms with E-state index in [1.807, 2.05) is 42.5 Å². The predicted molar refractivity (Wildman–Crippen MR) is 106 cm³/mol. The maximum Gasteiger partial charge on any atom is 0.338 e. The summed E-state index contributed by atoms with van der Waals surface area (Å²) in [7, 11) is -3.13. The van der Waals surface area contributed by atoms with Crippen LogP contribution in [0.4, 0.5) is 0 Å². The largest absolute Gasteiger partial charge is 0.452 e. The molecule has 2 aromatic rings. The van der Waals surface area contributed by atoms with Gasteiger partial charge in [-0.25, -0.2) is 13.2 Å². The average Bonchev–Trinajstić information content (AvgIpc) is 2.93. The van der Waals surface area contributed by atoms with E-state index in [0.717, 1.165) is 11.1 Å². The van der Waals surface area contributed by atoms with Crippen molar-refractivity contribution in [2.45, 2.75) is 25.3 Å². The fourth-order valence-electron chi connectivity index (χ4n) is 3.38. The summed E-state index contributed by atoms with van der Waals surface area (Å²) in [5.74, 6) is -1.13. The molecule has 28 heavy (non-hydrogen) atoms. The number of rotatable bonds is 6. The Kier molecular flexibility index (Phi) is 5.84. The molecule has 0 aromatic heterocycles. The van der Waals surface area contributed by atoms with Crippen molar-refractivity contribution >= 4 is 21.7 Å². The van der Waals surface area contributed by atoms with Gasteiger partial charge in [0.15, 0.2) is 16.4 Å². The van der Waals surface area contributed by atoms with Crippen LogP contribution < -0.4 is 5.32 Å². The van der Waals surface area contributed by atoms with Gasteiger partial charge in [0.05, 0.1) is 22.6 Å². The van der Waals surface area contributed by atoms with Gasteiger partial charge in [0.2, 0.25) is 0 Å². The van der Waals surface area contributed by atoms with Crippen molar-refractivity contribution in [2.24, 2.45) is 0 Å². The second kappa shape index (κ2) is 8.14. The lowest BCUT2D eigenvalue weighted by atomic mass is 10.00. The number of carbonyl (C=O) groups is 2. The Morgan fingerprint density at radius 1 is 1.07 bits per heavy atom. The number of hydrogen-bond donors (Lipinski definition) is 1. The van der Waals surface area contributed by atoms with E-state index < -0.39 is 33.9 Å². The monoisotopic (exact) mass is 401 g/mol. The van der Waals surface area contributed by atoms with Crippen molar-refractivity contribution in [3.63, 3.8) is 0 Å². The minimum absolute atomic E-state index is 0.0520. The van der Waals surface area contributed by atoms with E-state index in [4.69, 9.17) is 4.74 Å². The van der Waals surface area contributed by atoms with Gasteiger partial charge in [-0.3, -0.25) is 4.79 Å². The third kappa shape index (κ3) is 5.19. The molecule has 1 fully saturated rings. The molecule has 6 nitrogen and oxygen atoms in total. The molecule has 1 aliphatic heterocycles. The molecule has 7 heteroatoms. The van der Waals surface area contributed by atoms with E-state index in [0.29, 0.717) is 18.4 Å². The molecule has 0 radical (unpaired) electrons. The normalized spacial score (nSPS) is 20.5. The van der Waals surface area contributed by atoms with E-state index >= 15 is 0 Å². The molecule has 1 heterocycles. The number of nitrogens with one attached hydrogen (secondary N) is 1. The van der Waals surface area contributed by atoms with Crippen LogP contribution in [0.2, 0.25) is 0 Å². The van der Waals surface area contributed by atoms with Crippen LogP contribution in [0, 0.1) is 0 Å². The lowest BCUT2D eigenvalue weighted by molar-refractivity contribution is -0.125. The van der Waals surface area contributed by atoms with Gasteiger partial charge in [-0.2, -0.15) is 0 Å². The van der Waals surface area contributed by atoms with Gasteiger partial charge in [0.25, 0.3) is 5.91 Å². The molecular formula is C21H23NO5S. The first kappa shape index (κ1) is 20.1. The molecule has 0 aliphatic carbocycles. The molecule has 0 bridgehead atoms. The van der Waals surface area contributed by atoms with Crippen molar-refractivity contribution in [3.05, 3.63) is 71.3 Å². The summed E-state index contributed by atoms with van der Waals surface area (Å²) >= 11 is 0. The zero-order chi connectivity index (χ0) is 20.2. The maximum atomic E-state index is 12.5. The van der Waals surface area contributed by atoms with Crippen LogP contribution in [-0.2, 0) is 25.8 Å². The third-order valence-electron chi connectivity index (χ3n) is 4.75. The van der Waals surface area contributed by atoms with Gasteiger partial charge in [-0.15, -0.1) is 0 Å². The standard InChI is InChI=1S/C21H23NO5S/c1-21(11-12-28(25,26)15-21)22-19(23)14-27-20(24)18-10-6-5-9-17(18)13-16-7-3-2-4-8-16/h2-10H,11-15H2,1H3,(H,22,23)/t21-/m0/s1. The number of carbonyl (C=O) groups excluding carboxylic acids is 2. The van der Waals surface area contributed by atoms with Gasteiger partial charge < -0.3 is 10.1 Å². The summed E-state index contributed by atoms with van der Waals surface area (Å²) in [5.41, 5.74) is 1.48. The second-order valence-corrected chi connectivity index (χ2v) is 9.53. The zero-order valence-corrected chi connectivity index (χ0v) is 16.5. The molecule has 1 amide bonds. The highest BCUT2D eigenvalue weighted by Gasteiger charge is 2.39. The summed E-state index contributed by atoms with van der Waals surface area (Å²) in [6.07, 6.45) is 0.934. The van der Waals surface area contributed by atoms with E-state index in [1.165, 1.54) is 0 Å². The molecule has 0 saturated carbocycles. The van der Waals surface area contributed by atoms with Crippen LogP contribution in [0.1, 0.15) is 34.8 Å². The molecular weight excluding hydrogens is 378 g/mol. The quantitative estimate of drug-likeness (QED) is 0.749. The predicted octanol–water partition coefficient (Wildman–Crippen LogP) is 2.13. The van der Waals surface area contributed by atoms with Crippen molar-refractivity contribution in [3.8, 4) is 0 Å². The molecule has 0 spiro atoms. The van der Waals surface area contributed by atoms with Crippen LogP contribution >= 0.6 is 0 Å². The minimum atomic E-state index is -3.13. The number of ether oxygens (including phenoxy) is 1. The molecule has 1 aliphatic rings. The lowest BCUT2D eigenvalue weighted by Gasteiger charge is -2.23. The summed E-state index contributed by atoms with van der Waals surface area (Å²) in [6.45, 7) is 1.24. The Hall–Kier alpha value is -2.67. The smallest absolute Gasteiger partial charge is 0.338 e.